The van der Waals surface area contributed by atoms with Crippen LogP contribution < -0.4 is 4.72 Å². The average Bonchev–Trinajstić information content (AvgIpc) is 3.08. The number of hydrogen-bond acceptors (Lipinski definition) is 4. The highest BCUT2D eigenvalue weighted by molar-refractivity contribution is 7.89. The third-order valence-corrected chi connectivity index (χ3v) is 4.67. The molecule has 2 aromatic heterocycles. The normalized spacial score (nSPS) is 13.5. The molecule has 8 heteroatoms. The summed E-state index contributed by atoms with van der Waals surface area (Å²) in [4.78, 5) is 7.06. The molecule has 0 saturated heterocycles. The van der Waals surface area contributed by atoms with Gasteiger partial charge in [-0.1, -0.05) is 6.92 Å². The van der Waals surface area contributed by atoms with E-state index in [4.69, 9.17) is 0 Å². The summed E-state index contributed by atoms with van der Waals surface area (Å²) in [6.07, 6.45) is 5.62. The van der Waals surface area contributed by atoms with Crippen molar-refractivity contribution in [2.75, 3.05) is 0 Å². The molecule has 0 aromatic carbocycles. The molecule has 2 rings (SSSR count). The quantitative estimate of drug-likeness (QED) is 0.714. The molecule has 1 atom stereocenters. The zero-order valence-electron chi connectivity index (χ0n) is 12.1. The fourth-order valence-corrected chi connectivity index (χ4v) is 3.39. The van der Waals surface area contributed by atoms with Gasteiger partial charge in [0.2, 0.25) is 10.0 Å². The number of rotatable bonds is 7. The molecule has 0 saturated carbocycles. The van der Waals surface area contributed by atoms with E-state index in [-0.39, 0.29) is 11.5 Å². The van der Waals surface area contributed by atoms with Crippen molar-refractivity contribution in [2.45, 2.75) is 44.4 Å². The van der Waals surface area contributed by atoms with Gasteiger partial charge in [-0.15, -0.1) is 0 Å². The summed E-state index contributed by atoms with van der Waals surface area (Å²) in [6.45, 7) is 4.18. The number of aromatic amines is 1. The monoisotopic (exact) mass is 312 g/mol. The Morgan fingerprint density at radius 3 is 2.86 bits per heavy atom. The molecule has 1 unspecified atom stereocenters. The fraction of sp³-hybridized carbons (Fsp3) is 0.462. The van der Waals surface area contributed by atoms with Gasteiger partial charge in [0.05, 0.1) is 17.5 Å². The summed E-state index contributed by atoms with van der Waals surface area (Å²) >= 11 is 0. The lowest BCUT2D eigenvalue weighted by atomic mass is 10.3. The Morgan fingerprint density at radius 2 is 2.29 bits per heavy atom. The number of aliphatic hydroxyl groups excluding tert-OH is 1. The van der Waals surface area contributed by atoms with Crippen molar-refractivity contribution in [3.05, 3.63) is 36.2 Å². The number of imidazole rings is 1. The lowest BCUT2D eigenvalue weighted by Gasteiger charge is -2.10. The number of hydrogen-bond donors (Lipinski definition) is 3. The molecule has 116 valence electrons. The Labute approximate surface area is 124 Å². The van der Waals surface area contributed by atoms with E-state index in [2.05, 4.69) is 14.7 Å². The van der Waals surface area contributed by atoms with Gasteiger partial charge in [0.25, 0.3) is 0 Å². The topological polar surface area (TPSA) is 100 Å². The number of aryl methyl sites for hydroxylation is 1. The average molecular weight is 312 g/mol. The molecule has 0 spiro atoms. The molecule has 0 fully saturated rings. The predicted octanol–water partition coefficient (Wildman–Crippen LogP) is 1.15. The van der Waals surface area contributed by atoms with E-state index < -0.39 is 16.1 Å². The van der Waals surface area contributed by atoms with E-state index in [9.17, 15) is 13.5 Å². The number of aromatic nitrogens is 3. The maximum absolute atomic E-state index is 12.4. The van der Waals surface area contributed by atoms with E-state index in [1.54, 1.807) is 30.1 Å². The van der Waals surface area contributed by atoms with Crippen LogP contribution in [0.25, 0.3) is 0 Å². The minimum absolute atomic E-state index is 0.151. The molecule has 7 nitrogen and oxygen atoms in total. The molecule has 0 radical (unpaired) electrons. The van der Waals surface area contributed by atoms with Gasteiger partial charge < -0.3 is 14.7 Å². The Hall–Kier alpha value is -1.64. The molecule has 0 aliphatic heterocycles. The van der Waals surface area contributed by atoms with E-state index in [0.29, 0.717) is 18.1 Å². The lowest BCUT2D eigenvalue weighted by molar-refractivity contribution is 0.270. The van der Waals surface area contributed by atoms with Crippen LogP contribution in [0.15, 0.2) is 29.6 Å². The molecule has 0 aliphatic carbocycles. The molecule has 2 aromatic rings. The summed E-state index contributed by atoms with van der Waals surface area (Å²) in [7, 11) is -3.66. The molecule has 21 heavy (non-hydrogen) atoms. The van der Waals surface area contributed by atoms with Gasteiger partial charge in [0.1, 0.15) is 5.82 Å². The zero-order chi connectivity index (χ0) is 15.5. The highest BCUT2D eigenvalue weighted by Gasteiger charge is 2.22. The summed E-state index contributed by atoms with van der Waals surface area (Å²) in [5.41, 5.74) is 0.586. The Morgan fingerprint density at radius 1 is 1.52 bits per heavy atom. The van der Waals surface area contributed by atoms with Crippen LogP contribution in [0.1, 0.15) is 37.8 Å². The second-order valence-corrected chi connectivity index (χ2v) is 6.55. The van der Waals surface area contributed by atoms with Crippen molar-refractivity contribution in [2.24, 2.45) is 0 Å². The number of sulfonamides is 1. The molecular formula is C13H20N4O3S. The zero-order valence-corrected chi connectivity index (χ0v) is 12.9. The highest BCUT2D eigenvalue weighted by atomic mass is 32.2. The SMILES string of the molecule is CCCn1cc(S(=O)(=O)NC(C)c2ncc[nH]2)cc1CO. The number of nitrogens with one attached hydrogen (secondary N) is 2. The lowest BCUT2D eigenvalue weighted by Crippen LogP contribution is -2.27. The van der Waals surface area contributed by atoms with Crippen molar-refractivity contribution in [1.82, 2.24) is 19.3 Å². The number of nitrogens with zero attached hydrogens (tertiary/aromatic N) is 2. The van der Waals surface area contributed by atoms with Gasteiger partial charge in [0, 0.05) is 30.8 Å². The van der Waals surface area contributed by atoms with Gasteiger partial charge in [-0.3, -0.25) is 0 Å². The maximum Gasteiger partial charge on any atom is 0.242 e. The van der Waals surface area contributed by atoms with E-state index >= 15 is 0 Å². The largest absolute Gasteiger partial charge is 0.390 e. The second-order valence-electron chi connectivity index (χ2n) is 4.84. The molecule has 0 amide bonds. The van der Waals surface area contributed by atoms with Gasteiger partial charge in [0.15, 0.2) is 0 Å². The van der Waals surface area contributed by atoms with Crippen LogP contribution in [0.2, 0.25) is 0 Å². The standard InChI is InChI=1S/C13H20N4O3S/c1-3-6-17-8-12(7-11(17)9-18)21(19,20)16-10(2)13-14-4-5-15-13/h4-5,7-8,10,16,18H,3,6,9H2,1-2H3,(H,14,15). The minimum atomic E-state index is -3.66. The smallest absolute Gasteiger partial charge is 0.242 e. The first-order chi connectivity index (χ1) is 9.97. The summed E-state index contributed by atoms with van der Waals surface area (Å²) in [5, 5.41) is 9.31. The molecule has 3 N–H and O–H groups in total. The first kappa shape index (κ1) is 15.7. The molecule has 0 bridgehead atoms. The summed E-state index contributed by atoms with van der Waals surface area (Å²) in [6, 6.07) is 1.03. The van der Waals surface area contributed by atoms with Crippen LogP contribution in [0.3, 0.4) is 0 Å². The van der Waals surface area contributed by atoms with Gasteiger partial charge in [-0.05, 0) is 19.4 Å². The van der Waals surface area contributed by atoms with Crippen LogP contribution in [-0.2, 0) is 23.2 Å². The van der Waals surface area contributed by atoms with Crippen LogP contribution in [-0.4, -0.2) is 28.1 Å². The Kier molecular flexibility index (Phi) is 4.81. The van der Waals surface area contributed by atoms with E-state index in [0.717, 1.165) is 6.42 Å². The highest BCUT2D eigenvalue weighted by Crippen LogP contribution is 2.18. The van der Waals surface area contributed by atoms with E-state index in [1.807, 2.05) is 6.92 Å². The van der Waals surface area contributed by atoms with Crippen molar-refractivity contribution in [3.8, 4) is 0 Å². The first-order valence-electron chi connectivity index (χ1n) is 6.79. The number of H-pyrrole nitrogens is 1. The third-order valence-electron chi connectivity index (χ3n) is 3.16. The molecule has 0 aliphatic rings. The fourth-order valence-electron chi connectivity index (χ4n) is 2.12. The Bertz CT molecular complexity index is 676. The summed E-state index contributed by atoms with van der Waals surface area (Å²) in [5.74, 6) is 0.550. The van der Waals surface area contributed by atoms with Gasteiger partial charge in [-0.2, -0.15) is 0 Å². The van der Waals surface area contributed by atoms with Crippen LogP contribution >= 0.6 is 0 Å². The van der Waals surface area contributed by atoms with Crippen LogP contribution in [0.4, 0.5) is 0 Å². The molecule has 2 heterocycles. The first-order valence-corrected chi connectivity index (χ1v) is 8.27. The second kappa shape index (κ2) is 6.42. The van der Waals surface area contributed by atoms with Crippen molar-refractivity contribution in [1.29, 1.82) is 0 Å². The van der Waals surface area contributed by atoms with Crippen molar-refractivity contribution >= 4 is 10.0 Å². The van der Waals surface area contributed by atoms with Crippen LogP contribution in [0.5, 0.6) is 0 Å². The van der Waals surface area contributed by atoms with Crippen molar-refractivity contribution < 1.29 is 13.5 Å². The van der Waals surface area contributed by atoms with E-state index in [1.165, 1.54) is 6.07 Å². The Balaban J connectivity index is 2.23. The number of aliphatic hydroxyl groups is 1. The third kappa shape index (κ3) is 3.52. The molecular weight excluding hydrogens is 292 g/mol. The minimum Gasteiger partial charge on any atom is -0.390 e. The van der Waals surface area contributed by atoms with Gasteiger partial charge in [-0.25, -0.2) is 18.1 Å². The maximum atomic E-state index is 12.4. The predicted molar refractivity (Wildman–Crippen MR) is 78.0 cm³/mol. The van der Waals surface area contributed by atoms with Gasteiger partial charge >= 0.3 is 0 Å². The summed E-state index contributed by atoms with van der Waals surface area (Å²) < 4.78 is 29.1. The van der Waals surface area contributed by atoms with Crippen molar-refractivity contribution in [3.63, 3.8) is 0 Å². The van der Waals surface area contributed by atoms with Crippen LogP contribution in [0, 0.1) is 0 Å².